The van der Waals surface area contributed by atoms with Crippen molar-refractivity contribution in [3.8, 4) is 11.5 Å². The minimum atomic E-state index is -3.91. The predicted octanol–water partition coefficient (Wildman–Crippen LogP) is 4.46. The van der Waals surface area contributed by atoms with Crippen LogP contribution in [0.5, 0.6) is 11.5 Å². The highest BCUT2D eigenvalue weighted by atomic mass is 32.2. The molecule has 158 valence electrons. The predicted molar refractivity (Wildman–Crippen MR) is 118 cm³/mol. The van der Waals surface area contributed by atoms with Crippen molar-refractivity contribution in [3.63, 3.8) is 0 Å². The van der Waals surface area contributed by atoms with Gasteiger partial charge < -0.3 is 9.64 Å². The Labute approximate surface area is 180 Å². The van der Waals surface area contributed by atoms with Crippen LogP contribution in [-0.2, 0) is 10.0 Å². The van der Waals surface area contributed by atoms with Crippen LogP contribution in [0.25, 0.3) is 0 Å². The van der Waals surface area contributed by atoms with Crippen molar-refractivity contribution in [1.82, 2.24) is 0 Å². The summed E-state index contributed by atoms with van der Waals surface area (Å²) in [6, 6.07) is 17.5. The van der Waals surface area contributed by atoms with Crippen molar-refractivity contribution < 1.29 is 22.7 Å². The largest absolute Gasteiger partial charge is 0.454 e. The molecule has 0 aliphatic carbocycles. The number of nitrogens with zero attached hydrogens (tertiary/aromatic N) is 1. The fourth-order valence-electron chi connectivity index (χ4n) is 3.39. The number of carbonyl (C=O) groups is 2. The number of hydrogen-bond donors (Lipinski definition) is 1. The molecule has 31 heavy (non-hydrogen) atoms. The molecule has 0 atom stereocenters. The Bertz CT molecular complexity index is 1280. The Morgan fingerprint density at radius 3 is 2.39 bits per heavy atom. The number of amides is 1. The van der Waals surface area contributed by atoms with Gasteiger partial charge in [-0.15, -0.1) is 0 Å². The van der Waals surface area contributed by atoms with Crippen LogP contribution in [0, 0.1) is 0 Å². The summed E-state index contributed by atoms with van der Waals surface area (Å²) in [6.07, 6.45) is 0. The summed E-state index contributed by atoms with van der Waals surface area (Å²) in [7, 11) is -3.91. The summed E-state index contributed by atoms with van der Waals surface area (Å²) in [5.74, 6) is 0.467. The molecule has 1 amide bonds. The molecule has 1 heterocycles. The highest BCUT2D eigenvalue weighted by molar-refractivity contribution is 7.92. The van der Waals surface area contributed by atoms with Crippen molar-refractivity contribution in [1.29, 1.82) is 0 Å². The van der Waals surface area contributed by atoms with Gasteiger partial charge in [-0.05, 0) is 56.3 Å². The van der Waals surface area contributed by atoms with Gasteiger partial charge in [-0.3, -0.25) is 14.3 Å². The monoisotopic (exact) mass is 436 g/mol. The molecule has 0 radical (unpaired) electrons. The van der Waals surface area contributed by atoms with Crippen molar-refractivity contribution in [3.05, 3.63) is 77.9 Å². The van der Waals surface area contributed by atoms with E-state index in [1.54, 1.807) is 23.1 Å². The number of para-hydroxylation sites is 2. The van der Waals surface area contributed by atoms with Gasteiger partial charge in [0.1, 0.15) is 5.75 Å². The van der Waals surface area contributed by atoms with Gasteiger partial charge in [0.15, 0.2) is 11.5 Å². The van der Waals surface area contributed by atoms with Gasteiger partial charge in [-0.25, -0.2) is 8.42 Å². The van der Waals surface area contributed by atoms with Gasteiger partial charge >= 0.3 is 0 Å². The first-order valence-corrected chi connectivity index (χ1v) is 11.1. The summed E-state index contributed by atoms with van der Waals surface area (Å²) >= 11 is 0. The molecule has 0 saturated carbocycles. The van der Waals surface area contributed by atoms with Crippen LogP contribution in [0.1, 0.15) is 34.6 Å². The Hall–Kier alpha value is -3.65. The van der Waals surface area contributed by atoms with E-state index in [0.29, 0.717) is 29.3 Å². The summed E-state index contributed by atoms with van der Waals surface area (Å²) < 4.78 is 34.0. The number of fused-ring (bicyclic) bond motifs is 2. The zero-order valence-electron chi connectivity index (χ0n) is 17.0. The van der Waals surface area contributed by atoms with E-state index >= 15 is 0 Å². The third-order valence-electron chi connectivity index (χ3n) is 4.97. The SMILES string of the molecule is CCN1C(=O)c2cc(NS(=O)(=O)c3ccc(C(C)=O)cc3)ccc2Oc2ccccc21. The maximum absolute atomic E-state index is 13.2. The third-order valence-corrected chi connectivity index (χ3v) is 6.37. The maximum atomic E-state index is 13.2. The fraction of sp³-hybridized carbons (Fsp3) is 0.130. The number of anilines is 2. The molecule has 0 saturated heterocycles. The molecule has 0 unspecified atom stereocenters. The molecule has 4 rings (SSSR count). The van der Waals surface area contributed by atoms with Crippen LogP contribution in [0.2, 0.25) is 0 Å². The molecule has 0 spiro atoms. The Kier molecular flexibility index (Phi) is 5.24. The minimum absolute atomic E-state index is 0.0117. The highest BCUT2D eigenvalue weighted by Gasteiger charge is 2.28. The van der Waals surface area contributed by atoms with Crippen LogP contribution in [0.4, 0.5) is 11.4 Å². The van der Waals surface area contributed by atoms with Crippen molar-refractivity contribution in [2.45, 2.75) is 18.7 Å². The van der Waals surface area contributed by atoms with Crippen LogP contribution in [0.3, 0.4) is 0 Å². The zero-order chi connectivity index (χ0) is 22.2. The van der Waals surface area contributed by atoms with Gasteiger partial charge in [0.05, 0.1) is 16.1 Å². The molecule has 8 heteroatoms. The van der Waals surface area contributed by atoms with E-state index in [0.717, 1.165) is 0 Å². The Balaban J connectivity index is 1.68. The first kappa shape index (κ1) is 20.6. The zero-order valence-corrected chi connectivity index (χ0v) is 17.8. The maximum Gasteiger partial charge on any atom is 0.262 e. The molecule has 0 aromatic heterocycles. The molecular weight excluding hydrogens is 416 g/mol. The molecule has 3 aromatic rings. The van der Waals surface area contributed by atoms with E-state index < -0.39 is 10.0 Å². The lowest BCUT2D eigenvalue weighted by Gasteiger charge is -2.20. The molecule has 7 nitrogen and oxygen atoms in total. The summed E-state index contributed by atoms with van der Waals surface area (Å²) in [4.78, 5) is 26.2. The summed E-state index contributed by atoms with van der Waals surface area (Å²) in [5.41, 5.74) is 1.56. The van der Waals surface area contributed by atoms with Gasteiger partial charge in [0.25, 0.3) is 15.9 Å². The second-order valence-corrected chi connectivity index (χ2v) is 8.70. The van der Waals surface area contributed by atoms with E-state index in [2.05, 4.69) is 4.72 Å². The molecule has 1 aliphatic rings. The normalized spacial score (nSPS) is 13.0. The lowest BCUT2D eigenvalue weighted by molar-refractivity contribution is 0.0986. The van der Waals surface area contributed by atoms with Crippen molar-refractivity contribution >= 4 is 33.1 Å². The van der Waals surface area contributed by atoms with E-state index in [1.807, 2.05) is 19.1 Å². The van der Waals surface area contributed by atoms with Crippen molar-refractivity contribution in [2.24, 2.45) is 0 Å². The van der Waals surface area contributed by atoms with Crippen LogP contribution in [-0.4, -0.2) is 26.7 Å². The van der Waals surface area contributed by atoms with Gasteiger partial charge in [-0.1, -0.05) is 24.3 Å². The highest BCUT2D eigenvalue weighted by Crippen LogP contribution is 2.39. The second-order valence-electron chi connectivity index (χ2n) is 7.02. The molecular formula is C23H20N2O5S. The van der Waals surface area contributed by atoms with Crippen molar-refractivity contribution in [2.75, 3.05) is 16.2 Å². The first-order chi connectivity index (χ1) is 14.8. The number of nitrogens with one attached hydrogen (secondary N) is 1. The number of rotatable bonds is 5. The molecule has 3 aromatic carbocycles. The van der Waals surface area contributed by atoms with E-state index in [9.17, 15) is 18.0 Å². The standard InChI is InChI=1S/C23H20N2O5S/c1-3-25-20-6-4-5-7-22(20)30-21-13-10-17(14-19(21)23(25)27)24-31(28,29)18-11-8-16(9-12-18)15(2)26/h4-14,24H,3H2,1-2H3. The Morgan fingerprint density at radius 1 is 1.00 bits per heavy atom. The molecule has 1 N–H and O–H groups in total. The third kappa shape index (κ3) is 3.89. The lowest BCUT2D eigenvalue weighted by Crippen LogP contribution is -2.29. The molecule has 0 bridgehead atoms. The summed E-state index contributed by atoms with van der Waals surface area (Å²) in [5, 5.41) is 0. The number of Topliss-reactive ketones (excluding diaryl/α,β-unsaturated/α-hetero) is 1. The van der Waals surface area contributed by atoms with Gasteiger partial charge in [0, 0.05) is 17.8 Å². The number of hydrogen-bond acceptors (Lipinski definition) is 5. The topological polar surface area (TPSA) is 92.8 Å². The minimum Gasteiger partial charge on any atom is -0.454 e. The van der Waals surface area contributed by atoms with Crippen LogP contribution >= 0.6 is 0 Å². The van der Waals surface area contributed by atoms with Crippen LogP contribution in [0.15, 0.2) is 71.6 Å². The van der Waals surface area contributed by atoms with Gasteiger partial charge in [-0.2, -0.15) is 0 Å². The van der Waals surface area contributed by atoms with E-state index in [1.165, 1.54) is 43.3 Å². The Morgan fingerprint density at radius 2 is 1.71 bits per heavy atom. The van der Waals surface area contributed by atoms with Gasteiger partial charge in [0.2, 0.25) is 0 Å². The van der Waals surface area contributed by atoms with E-state index in [-0.39, 0.29) is 27.8 Å². The number of ketones is 1. The second kappa shape index (κ2) is 7.88. The van der Waals surface area contributed by atoms with Crippen LogP contribution < -0.4 is 14.4 Å². The average molecular weight is 436 g/mol. The number of ether oxygens (including phenoxy) is 1. The first-order valence-electron chi connectivity index (χ1n) is 9.67. The number of sulfonamides is 1. The quantitative estimate of drug-likeness (QED) is 0.596. The average Bonchev–Trinajstić information content (AvgIpc) is 2.87. The summed E-state index contributed by atoms with van der Waals surface area (Å²) in [6.45, 7) is 3.70. The van der Waals surface area contributed by atoms with E-state index in [4.69, 9.17) is 4.74 Å². The number of carbonyl (C=O) groups excluding carboxylic acids is 2. The smallest absolute Gasteiger partial charge is 0.262 e. The lowest BCUT2D eigenvalue weighted by atomic mass is 10.1. The number of benzene rings is 3. The molecule has 1 aliphatic heterocycles. The fourth-order valence-corrected chi connectivity index (χ4v) is 4.44. The molecule has 0 fully saturated rings.